The van der Waals surface area contributed by atoms with Crippen molar-refractivity contribution in [2.45, 2.75) is 160 Å². The Bertz CT molecular complexity index is 4250. The topological polar surface area (TPSA) is 353 Å². The number of imide groups is 1. The van der Waals surface area contributed by atoms with E-state index in [1.165, 1.54) is 11.3 Å². The first-order chi connectivity index (χ1) is 50.4. The number of aromatic carboxylic acids is 1. The van der Waals surface area contributed by atoms with E-state index in [9.17, 15) is 58.8 Å². The maximum Gasteiger partial charge on any atom is 0.410 e. The number of likely N-dealkylation sites (tertiary alicyclic amines) is 1. The van der Waals surface area contributed by atoms with Crippen molar-refractivity contribution in [1.82, 2.24) is 39.8 Å². The molecule has 558 valence electrons. The second kappa shape index (κ2) is 31.4. The molecule has 2 saturated heterocycles. The molecule has 0 radical (unpaired) electrons. The van der Waals surface area contributed by atoms with Gasteiger partial charge in [0.1, 0.15) is 30.5 Å². The third-order valence-electron chi connectivity index (χ3n) is 21.5. The van der Waals surface area contributed by atoms with Crippen LogP contribution in [0.2, 0.25) is 0 Å². The number of pyridine rings is 1. The SMILES string of the molecule is Cc1c(-c2ccc(N3CCc4cccc(C(=O)Nc5nc6ccccc6s5)c4C3)nc2C(=O)O)cnn1CC12CC3(C)CC(C)(C1)CC(OCCN(CCCC(=O)O)C1CCN(C(=O)OCc4ccc(O[C@H]5C[C@@H](O)C[C@@H](C(=O)O)O5)cc4OCCOCCNC(=O)CCN4C(=O)C=CC4=O)CC1)(C3)C2. The number of thiazole rings is 1. The molecule has 4 bridgehead atoms. The maximum atomic E-state index is 13.9. The number of aliphatic hydroxyl groups excluding tert-OH is 1. The number of hydrogen-bond donors (Lipinski definition) is 6. The number of nitrogens with one attached hydrogen (secondary N) is 2. The number of carboxylic acid groups (broad SMARTS) is 3. The number of piperidine rings is 1. The number of carbonyl (C=O) groups excluding carboxylic acids is 5. The minimum Gasteiger partial charge on any atom is -0.491 e. The number of para-hydroxylation sites is 1. The van der Waals surface area contributed by atoms with E-state index in [0.717, 1.165) is 82.6 Å². The minimum atomic E-state index is -1.27. The van der Waals surface area contributed by atoms with Gasteiger partial charge in [-0.15, -0.1) is 0 Å². The molecule has 2 unspecified atom stereocenters. The van der Waals surface area contributed by atoms with E-state index in [1.54, 1.807) is 29.3 Å². The lowest BCUT2D eigenvalue weighted by molar-refractivity contribution is -0.249. The molecular formula is C76H90N10O18S. The highest BCUT2D eigenvalue weighted by atomic mass is 32.1. The van der Waals surface area contributed by atoms with Crippen molar-refractivity contribution >= 4 is 80.1 Å². The molecule has 4 saturated carbocycles. The van der Waals surface area contributed by atoms with Gasteiger partial charge in [0, 0.05) is 130 Å². The van der Waals surface area contributed by atoms with Crippen molar-refractivity contribution in [3.05, 3.63) is 125 Å². The molecule has 105 heavy (non-hydrogen) atoms. The van der Waals surface area contributed by atoms with Crippen LogP contribution in [0.5, 0.6) is 11.5 Å². The van der Waals surface area contributed by atoms with E-state index in [-0.39, 0.29) is 116 Å². The molecule has 4 aliphatic heterocycles. The zero-order valence-electron chi connectivity index (χ0n) is 59.3. The third-order valence-corrected chi connectivity index (χ3v) is 22.5. The predicted molar refractivity (Wildman–Crippen MR) is 383 cm³/mol. The maximum absolute atomic E-state index is 13.9. The quantitative estimate of drug-likeness (QED) is 0.0175. The largest absolute Gasteiger partial charge is 0.491 e. The number of aliphatic carboxylic acids is 2. The van der Waals surface area contributed by atoms with E-state index in [1.807, 2.05) is 71.1 Å². The summed E-state index contributed by atoms with van der Waals surface area (Å²) in [6.45, 7) is 10.8. The summed E-state index contributed by atoms with van der Waals surface area (Å²) in [5.74, 6) is -3.82. The van der Waals surface area contributed by atoms with E-state index >= 15 is 0 Å². The Morgan fingerprint density at radius 1 is 0.810 bits per heavy atom. The highest BCUT2D eigenvalue weighted by molar-refractivity contribution is 7.22. The highest BCUT2D eigenvalue weighted by Gasteiger charge is 2.66. The van der Waals surface area contributed by atoms with Gasteiger partial charge < -0.3 is 64.0 Å². The number of carbonyl (C=O) groups is 8. The number of fused-ring (bicyclic) bond motifs is 2. The molecule has 7 heterocycles. The van der Waals surface area contributed by atoms with E-state index in [0.29, 0.717) is 111 Å². The lowest BCUT2D eigenvalue weighted by Crippen LogP contribution is -2.64. The molecule has 29 heteroatoms. The fourth-order valence-electron chi connectivity index (χ4n) is 18.0. The summed E-state index contributed by atoms with van der Waals surface area (Å²) in [4.78, 5) is 117. The summed E-state index contributed by atoms with van der Waals surface area (Å²) in [5.41, 5.74) is 5.07. The number of hydrogen-bond acceptors (Lipinski definition) is 21. The number of aliphatic hydroxyl groups is 1. The summed E-state index contributed by atoms with van der Waals surface area (Å²) >= 11 is 1.41. The zero-order valence-corrected chi connectivity index (χ0v) is 60.1. The molecule has 0 spiro atoms. The Labute approximate surface area is 610 Å². The lowest BCUT2D eigenvalue weighted by atomic mass is 9.39. The van der Waals surface area contributed by atoms with Crippen molar-refractivity contribution in [3.8, 4) is 22.6 Å². The van der Waals surface area contributed by atoms with Crippen LogP contribution < -0.4 is 25.0 Å². The first-order valence-corrected chi connectivity index (χ1v) is 36.9. The van der Waals surface area contributed by atoms with Crippen molar-refractivity contribution in [1.29, 1.82) is 0 Å². The zero-order chi connectivity index (χ0) is 73.8. The fourth-order valence-corrected chi connectivity index (χ4v) is 18.9. The standard InChI is InChI=1S/C76H90N10O18S/c1-47-55(53-15-16-61(80-67(53)70(96)97)84-25-19-48-8-6-9-54(56(48)38-84)68(93)81-71-79-57-10-4-5-11-60(57)105-71)37-78-86(47)46-75-41-73(2)40-74(3,42-75)44-76(43-73,45-75)102-31-29-82(24-7-12-65(91)92)50-20-26-83(27-21-50)72(98)101-39-49-13-14-52(103-66-35-51(87)34-59(104-66)69(94)95)36-58(49)100-33-32-99-30-23-77-62(88)22-28-85-63(89)17-18-64(85)90/h4-6,8-11,13-18,36-37,50-51,59,66,87H,7,12,19-35,38-46H2,1-3H3,(H,77,88)(H,91,92)(H,94,95)(H,96,97)(H,79,81,93)/t51-,59-,66+,73?,74?,75?,76?/m0/s1. The number of nitrogens with zero attached hydrogens (tertiary/aromatic N) is 8. The molecule has 3 aromatic carbocycles. The number of anilines is 2. The van der Waals surface area contributed by atoms with Gasteiger partial charge in [-0.25, -0.2) is 24.4 Å². The van der Waals surface area contributed by atoms with Gasteiger partial charge in [-0.1, -0.05) is 49.4 Å². The summed E-state index contributed by atoms with van der Waals surface area (Å²) in [6, 6.07) is 22.0. The Balaban J connectivity index is 0.619. The summed E-state index contributed by atoms with van der Waals surface area (Å²) in [6.07, 6.45) is 8.10. The summed E-state index contributed by atoms with van der Waals surface area (Å²) < 4.78 is 39.6. The first-order valence-electron chi connectivity index (χ1n) is 36.1. The van der Waals surface area contributed by atoms with Crippen LogP contribution in [0.25, 0.3) is 21.3 Å². The molecule has 3 aromatic heterocycles. The van der Waals surface area contributed by atoms with Crippen LogP contribution in [0.4, 0.5) is 15.7 Å². The fraction of sp³-hybridized carbons (Fsp3) is 0.513. The van der Waals surface area contributed by atoms with Gasteiger partial charge in [0.25, 0.3) is 17.7 Å². The van der Waals surface area contributed by atoms with Crippen LogP contribution in [-0.2, 0) is 69.0 Å². The normalized spacial score (nSPS) is 24.2. The van der Waals surface area contributed by atoms with Crippen LogP contribution in [0.15, 0.2) is 91.1 Å². The number of rotatable bonds is 31. The van der Waals surface area contributed by atoms with Crippen LogP contribution in [0.3, 0.4) is 0 Å². The van der Waals surface area contributed by atoms with Crippen LogP contribution in [-0.4, -0.2) is 205 Å². The Hall–Kier alpha value is -9.39. The second-order valence-corrected chi connectivity index (χ2v) is 30.9. The van der Waals surface area contributed by atoms with E-state index in [4.69, 9.17) is 38.5 Å². The van der Waals surface area contributed by atoms with Crippen LogP contribution in [0, 0.1) is 23.2 Å². The van der Waals surface area contributed by atoms with Gasteiger partial charge >= 0.3 is 24.0 Å². The van der Waals surface area contributed by atoms with Gasteiger partial charge in [-0.3, -0.25) is 43.8 Å². The number of ether oxygens (including phenoxy) is 6. The smallest absolute Gasteiger partial charge is 0.410 e. The van der Waals surface area contributed by atoms with Crippen LogP contribution >= 0.6 is 11.3 Å². The molecule has 6 fully saturated rings. The molecule has 8 aliphatic rings. The number of carboxylic acids is 3. The Kier molecular flexibility index (Phi) is 22.1. The van der Waals surface area contributed by atoms with Gasteiger partial charge in [0.05, 0.1) is 47.9 Å². The van der Waals surface area contributed by atoms with Gasteiger partial charge in [0.2, 0.25) is 12.2 Å². The average Bonchev–Trinajstić information content (AvgIpc) is 1.18. The molecule has 28 nitrogen and oxygen atoms in total. The Morgan fingerprint density at radius 2 is 1.59 bits per heavy atom. The predicted octanol–water partition coefficient (Wildman–Crippen LogP) is 8.64. The average molecular weight is 1460 g/mol. The molecule has 5 atom stereocenters. The molecule has 14 rings (SSSR count). The van der Waals surface area contributed by atoms with Crippen molar-refractivity contribution < 1.29 is 87.2 Å². The molecule has 6 aromatic rings. The molecule has 5 amide bonds. The van der Waals surface area contributed by atoms with Crippen molar-refractivity contribution in [2.75, 3.05) is 82.5 Å². The number of benzene rings is 3. The van der Waals surface area contributed by atoms with Crippen molar-refractivity contribution in [3.63, 3.8) is 0 Å². The van der Waals surface area contributed by atoms with Crippen molar-refractivity contribution in [2.24, 2.45) is 16.2 Å². The number of amides is 5. The van der Waals surface area contributed by atoms with Gasteiger partial charge in [-0.2, -0.15) is 5.10 Å². The molecule has 6 N–H and O–H groups in total. The van der Waals surface area contributed by atoms with Gasteiger partial charge in [0.15, 0.2) is 16.9 Å². The monoisotopic (exact) mass is 1460 g/mol. The minimum absolute atomic E-state index is 0.000834. The number of aromatic nitrogens is 4. The van der Waals surface area contributed by atoms with Crippen LogP contribution in [0.1, 0.15) is 141 Å². The van der Waals surface area contributed by atoms with E-state index < -0.39 is 59.9 Å². The summed E-state index contributed by atoms with van der Waals surface area (Å²) in [7, 11) is 0. The molecule has 4 aliphatic carbocycles. The van der Waals surface area contributed by atoms with E-state index in [2.05, 4.69) is 34.4 Å². The first kappa shape index (κ1) is 73.9. The second-order valence-electron chi connectivity index (χ2n) is 29.9. The lowest BCUT2D eigenvalue weighted by Gasteiger charge is -2.69. The third kappa shape index (κ3) is 17.3. The Morgan fingerprint density at radius 3 is 2.34 bits per heavy atom. The summed E-state index contributed by atoms with van der Waals surface area (Å²) in [5, 5.41) is 51.7. The van der Waals surface area contributed by atoms with Gasteiger partial charge in [-0.05, 0) is 148 Å². The molecular weight excluding hydrogens is 1370 g/mol. The highest BCUT2D eigenvalue weighted by Crippen LogP contribution is 2.72.